The predicted molar refractivity (Wildman–Crippen MR) is 142 cm³/mol. The van der Waals surface area contributed by atoms with Gasteiger partial charge in [-0.2, -0.15) is 8.42 Å². The van der Waals surface area contributed by atoms with Gasteiger partial charge in [-0.25, -0.2) is 0 Å². The van der Waals surface area contributed by atoms with Gasteiger partial charge in [-0.1, -0.05) is 129 Å². The second kappa shape index (κ2) is 51.0. The van der Waals surface area contributed by atoms with E-state index in [1.165, 1.54) is 128 Å². The molecule has 3 N–H and O–H groups in total. The molecule has 0 aliphatic rings. The van der Waals surface area contributed by atoms with Gasteiger partial charge < -0.3 is 34.8 Å². The maximum absolute atomic E-state index is 8.74. The summed E-state index contributed by atoms with van der Waals surface area (Å²) in [6.07, 6.45) is 23.7. The molecule has 0 aromatic heterocycles. The van der Waals surface area contributed by atoms with Crippen molar-refractivity contribution in [3.05, 3.63) is 0 Å². The first-order valence-corrected chi connectivity index (χ1v) is 15.3. The molecule has 0 saturated heterocycles. The van der Waals surface area contributed by atoms with Crippen LogP contribution in [0.25, 0.3) is 0 Å². The zero-order chi connectivity index (χ0) is 29.9. The smallest absolute Gasteiger partial charge is 0.652 e. The van der Waals surface area contributed by atoms with Crippen molar-refractivity contribution in [2.45, 2.75) is 142 Å². The molecule has 0 amide bonds. The zero-order valence-electron chi connectivity index (χ0n) is 26.6. The van der Waals surface area contributed by atoms with E-state index in [1.54, 1.807) is 0 Å². The first kappa shape index (κ1) is 58.0. The predicted octanol–water partition coefficient (Wildman–Crippen LogP) is -4.36. The van der Waals surface area contributed by atoms with Gasteiger partial charge in [-0.05, 0) is 19.0 Å². The number of ether oxygens (including phenoxy) is 1. The molecule has 11 nitrogen and oxygen atoms in total. The van der Waals surface area contributed by atoms with Crippen molar-refractivity contribution >= 4 is 22.7 Å². The minimum Gasteiger partial charge on any atom is -0.652 e. The van der Waals surface area contributed by atoms with E-state index in [2.05, 4.69) is 13.8 Å². The fourth-order valence-corrected chi connectivity index (χ4v) is 3.49. The largest absolute Gasteiger partial charge is 1.00 e. The number of carbonyl (C=O) groups excluding carboxylic acids is 1. The maximum Gasteiger partial charge on any atom is 1.00 e. The molecule has 0 saturated carbocycles. The summed E-state index contributed by atoms with van der Waals surface area (Å²) in [5.74, 6) is 0. The molecule has 232 valence electrons. The molecular formula is C26H53Na3O11S. The quantitative estimate of drug-likeness (QED) is 0.0584. The van der Waals surface area contributed by atoms with Crippen LogP contribution in [-0.2, 0) is 15.1 Å². The van der Waals surface area contributed by atoms with Crippen molar-refractivity contribution in [3.8, 4) is 0 Å². The Balaban J connectivity index is -0.000000121. The molecule has 0 heterocycles. The van der Waals surface area contributed by atoms with Crippen LogP contribution >= 0.6 is 0 Å². The third-order valence-electron chi connectivity index (χ3n) is 5.28. The average Bonchev–Trinajstić information content (AvgIpc) is 2.78. The van der Waals surface area contributed by atoms with Crippen molar-refractivity contribution in [2.75, 3.05) is 13.2 Å². The molecule has 0 aromatic rings. The summed E-state index contributed by atoms with van der Waals surface area (Å²) in [6.45, 7) is 6.57. The number of hydrogen-bond donors (Lipinski definition) is 3. The molecule has 0 fully saturated rings. The van der Waals surface area contributed by atoms with Gasteiger partial charge in [0.1, 0.15) is 0 Å². The number of carbonyl (C=O) groups is 2. The minimum atomic E-state index is -4.67. The minimum absolute atomic E-state index is 0. The van der Waals surface area contributed by atoms with E-state index in [1.807, 2.05) is 0 Å². The molecule has 0 radical (unpaired) electrons. The summed E-state index contributed by atoms with van der Waals surface area (Å²) in [6, 6.07) is 0. The monoisotopic (exact) mass is 642 g/mol. The molecule has 15 heteroatoms. The Hall–Kier alpha value is 1.37. The summed E-state index contributed by atoms with van der Waals surface area (Å²) in [7, 11) is -4.67. The molecule has 0 atom stereocenters. The van der Waals surface area contributed by atoms with Crippen LogP contribution in [0.3, 0.4) is 0 Å². The normalized spacial score (nSPS) is 9.46. The zero-order valence-corrected chi connectivity index (χ0v) is 33.4. The summed E-state index contributed by atoms with van der Waals surface area (Å²) >= 11 is 0. The Morgan fingerprint density at radius 1 is 0.537 bits per heavy atom. The van der Waals surface area contributed by atoms with E-state index in [-0.39, 0.29) is 88.7 Å². The standard InChI is InChI=1S/C24H50O.2CH2O3.3Na.H2O4S/c1-3-5-7-9-11-13-15-17-19-21-23-25-24-22-20-18-16-14-12-10-8-6-4-2;2*2-1(3)4;;;;1-5(2,3)4/h3-24H2,1-2H3;2*(H2,2,3,4);;;;(H2,1,2,3,4)/q;;;3*+1;/p-3. The first-order valence-electron chi connectivity index (χ1n) is 13.9. The van der Waals surface area contributed by atoms with E-state index in [0.717, 1.165) is 13.2 Å². The molecule has 0 unspecified atom stereocenters. The SMILES string of the molecule is CCCCCCCCCCCCOCCCCCCCCCCCC.O=C([O-])O.O=C([O-])[O-].O=S(=O)(O)O.[Na+].[Na+].[Na+]. The van der Waals surface area contributed by atoms with Crippen molar-refractivity contribution in [1.29, 1.82) is 0 Å². The third-order valence-corrected chi connectivity index (χ3v) is 5.28. The maximum atomic E-state index is 8.74. The third kappa shape index (κ3) is 117. The summed E-state index contributed by atoms with van der Waals surface area (Å²) in [4.78, 5) is 16.8. The van der Waals surface area contributed by atoms with E-state index in [4.69, 9.17) is 52.3 Å². The van der Waals surface area contributed by atoms with Gasteiger partial charge in [0.2, 0.25) is 6.16 Å². The van der Waals surface area contributed by atoms with Gasteiger partial charge in [0.25, 0.3) is 0 Å². The van der Waals surface area contributed by atoms with Crippen molar-refractivity contribution in [2.24, 2.45) is 0 Å². The van der Waals surface area contributed by atoms with Crippen LogP contribution in [0.1, 0.15) is 142 Å². The van der Waals surface area contributed by atoms with Crippen LogP contribution in [0.15, 0.2) is 0 Å². The Morgan fingerprint density at radius 2 is 0.683 bits per heavy atom. The molecular weight excluding hydrogens is 589 g/mol. The molecule has 41 heavy (non-hydrogen) atoms. The van der Waals surface area contributed by atoms with E-state index < -0.39 is 22.7 Å². The van der Waals surface area contributed by atoms with Gasteiger partial charge >= 0.3 is 99.1 Å². The second-order valence-electron chi connectivity index (χ2n) is 8.94. The van der Waals surface area contributed by atoms with Gasteiger partial charge in [0.05, 0.1) is 0 Å². The second-order valence-corrected chi connectivity index (χ2v) is 9.84. The Morgan fingerprint density at radius 3 is 0.854 bits per heavy atom. The average molecular weight is 643 g/mol. The Bertz CT molecular complexity index is 535. The summed E-state index contributed by atoms with van der Waals surface area (Å²) in [5.41, 5.74) is 0. The van der Waals surface area contributed by atoms with Gasteiger partial charge in [-0.15, -0.1) is 0 Å². The van der Waals surface area contributed by atoms with Crippen LogP contribution in [0.2, 0.25) is 0 Å². The number of rotatable bonds is 22. The van der Waals surface area contributed by atoms with Crippen LogP contribution < -0.4 is 104 Å². The number of unbranched alkanes of at least 4 members (excludes halogenated alkanes) is 18. The van der Waals surface area contributed by atoms with E-state index in [0.29, 0.717) is 0 Å². The number of hydrogen-bond acceptors (Lipinski definition) is 8. The van der Waals surface area contributed by atoms with Crippen LogP contribution in [0.5, 0.6) is 0 Å². The molecule has 0 rings (SSSR count). The van der Waals surface area contributed by atoms with Gasteiger partial charge in [0, 0.05) is 13.2 Å². The first-order chi connectivity index (χ1) is 17.9. The summed E-state index contributed by atoms with van der Waals surface area (Å²) < 4.78 is 37.4. The van der Waals surface area contributed by atoms with Gasteiger partial charge in [0.15, 0.2) is 0 Å². The summed E-state index contributed by atoms with van der Waals surface area (Å²) in [5, 5.41) is 32.0. The van der Waals surface area contributed by atoms with Crippen molar-refractivity contribution in [3.63, 3.8) is 0 Å². The van der Waals surface area contributed by atoms with Crippen molar-refractivity contribution in [1.82, 2.24) is 0 Å². The Kier molecular flexibility index (Phi) is 72.1. The Labute approximate surface area is 315 Å². The fourth-order valence-electron chi connectivity index (χ4n) is 3.49. The van der Waals surface area contributed by atoms with Gasteiger partial charge in [-0.3, -0.25) is 9.11 Å². The molecule has 0 aliphatic heterocycles. The van der Waals surface area contributed by atoms with Crippen LogP contribution in [0, 0.1) is 0 Å². The molecule has 0 spiro atoms. The van der Waals surface area contributed by atoms with Crippen molar-refractivity contribution < 1.29 is 141 Å². The number of carboxylic acid groups (broad SMARTS) is 4. The van der Waals surface area contributed by atoms with Crippen LogP contribution in [-0.4, -0.2) is 48.2 Å². The van der Waals surface area contributed by atoms with Crippen LogP contribution in [0.4, 0.5) is 9.59 Å². The van der Waals surface area contributed by atoms with E-state index >= 15 is 0 Å². The van der Waals surface area contributed by atoms with E-state index in [9.17, 15) is 0 Å². The molecule has 0 aliphatic carbocycles. The molecule has 0 bridgehead atoms. The fraction of sp³-hybridized carbons (Fsp3) is 0.923. The topological polar surface area (TPSA) is 207 Å². The molecule has 0 aromatic carbocycles.